The molecule has 1 N–H and O–H groups in total. The Morgan fingerprint density at radius 2 is 1.77 bits per heavy atom. The Bertz CT molecular complexity index is 930. The van der Waals surface area contributed by atoms with E-state index in [1.165, 1.54) is 6.92 Å². The van der Waals surface area contributed by atoms with Gasteiger partial charge in [-0.3, -0.25) is 14.6 Å². The van der Waals surface area contributed by atoms with Gasteiger partial charge in [0.2, 0.25) is 11.8 Å². The lowest BCUT2D eigenvalue weighted by Crippen LogP contribution is -2.32. The number of aromatic nitrogens is 1. The fourth-order valence-corrected chi connectivity index (χ4v) is 2.83. The number of hydrogen-bond acceptors (Lipinski definition) is 3. The molecule has 132 valence electrons. The summed E-state index contributed by atoms with van der Waals surface area (Å²) in [6.07, 6.45) is 1.91. The van der Waals surface area contributed by atoms with Crippen molar-refractivity contribution in [3.05, 3.63) is 66.4 Å². The van der Waals surface area contributed by atoms with Crippen molar-refractivity contribution in [2.75, 3.05) is 16.8 Å². The number of aryl methyl sites for hydroxylation is 1. The first-order chi connectivity index (χ1) is 12.5. The summed E-state index contributed by atoms with van der Waals surface area (Å²) in [5, 5.41) is 3.82. The lowest BCUT2D eigenvalue weighted by Gasteiger charge is -2.22. The number of nitrogens with one attached hydrogen (secondary N) is 1. The number of rotatable bonds is 5. The van der Waals surface area contributed by atoms with Crippen LogP contribution in [0, 0.1) is 6.92 Å². The second-order valence-electron chi connectivity index (χ2n) is 6.19. The average molecular weight is 347 g/mol. The van der Waals surface area contributed by atoms with Crippen LogP contribution in [-0.4, -0.2) is 23.3 Å². The number of para-hydroxylation sites is 1. The number of fused-ring (bicyclic) bond motifs is 1. The van der Waals surface area contributed by atoms with Gasteiger partial charge in [0.25, 0.3) is 0 Å². The number of hydrogen-bond donors (Lipinski definition) is 1. The first-order valence-electron chi connectivity index (χ1n) is 8.53. The Balaban J connectivity index is 1.73. The molecule has 2 aromatic carbocycles. The summed E-state index contributed by atoms with van der Waals surface area (Å²) < 4.78 is 0. The molecule has 3 aromatic rings. The second-order valence-corrected chi connectivity index (χ2v) is 6.19. The molecule has 3 rings (SSSR count). The monoisotopic (exact) mass is 347 g/mol. The highest BCUT2D eigenvalue weighted by molar-refractivity contribution is 6.01. The fourth-order valence-electron chi connectivity index (χ4n) is 2.83. The molecule has 0 fully saturated rings. The zero-order valence-electron chi connectivity index (χ0n) is 14.9. The fraction of sp³-hybridized carbons (Fsp3) is 0.190. The summed E-state index contributed by atoms with van der Waals surface area (Å²) >= 11 is 0. The first-order valence-corrected chi connectivity index (χ1v) is 8.53. The zero-order chi connectivity index (χ0) is 18.5. The van der Waals surface area contributed by atoms with Gasteiger partial charge in [0.1, 0.15) is 0 Å². The third kappa shape index (κ3) is 4.06. The van der Waals surface area contributed by atoms with Crippen molar-refractivity contribution in [2.24, 2.45) is 0 Å². The van der Waals surface area contributed by atoms with Gasteiger partial charge >= 0.3 is 0 Å². The van der Waals surface area contributed by atoms with Gasteiger partial charge in [-0.05, 0) is 31.2 Å². The van der Waals surface area contributed by atoms with Gasteiger partial charge in [-0.2, -0.15) is 0 Å². The number of pyridine rings is 1. The maximum Gasteiger partial charge on any atom is 0.226 e. The summed E-state index contributed by atoms with van der Waals surface area (Å²) in [7, 11) is 0. The molecule has 0 saturated carbocycles. The van der Waals surface area contributed by atoms with Gasteiger partial charge in [-0.1, -0.05) is 35.9 Å². The third-order valence-electron chi connectivity index (χ3n) is 4.18. The maximum absolute atomic E-state index is 12.3. The van der Waals surface area contributed by atoms with Crippen LogP contribution in [0.4, 0.5) is 11.4 Å². The van der Waals surface area contributed by atoms with E-state index in [0.717, 1.165) is 27.8 Å². The van der Waals surface area contributed by atoms with E-state index in [4.69, 9.17) is 0 Å². The van der Waals surface area contributed by atoms with Gasteiger partial charge in [-0.15, -0.1) is 0 Å². The van der Waals surface area contributed by atoms with Crippen molar-refractivity contribution >= 4 is 34.1 Å². The molecule has 0 atom stereocenters. The average Bonchev–Trinajstić information content (AvgIpc) is 2.63. The predicted octanol–water partition coefficient (Wildman–Crippen LogP) is 3.92. The second kappa shape index (κ2) is 7.78. The minimum Gasteiger partial charge on any atom is -0.326 e. The van der Waals surface area contributed by atoms with Gasteiger partial charge in [0.15, 0.2) is 0 Å². The summed E-state index contributed by atoms with van der Waals surface area (Å²) in [5.41, 5.74) is 3.36. The molecule has 0 radical (unpaired) electrons. The molecule has 0 aliphatic heterocycles. The zero-order valence-corrected chi connectivity index (χ0v) is 14.9. The van der Waals surface area contributed by atoms with Crippen molar-refractivity contribution in [2.45, 2.75) is 20.3 Å². The quantitative estimate of drug-likeness (QED) is 0.761. The minimum absolute atomic E-state index is 0.119. The van der Waals surface area contributed by atoms with E-state index in [-0.39, 0.29) is 18.2 Å². The Morgan fingerprint density at radius 1 is 1.04 bits per heavy atom. The smallest absolute Gasteiger partial charge is 0.226 e. The van der Waals surface area contributed by atoms with E-state index in [1.54, 1.807) is 11.1 Å². The number of anilines is 2. The highest BCUT2D eigenvalue weighted by Gasteiger charge is 2.16. The van der Waals surface area contributed by atoms with Crippen LogP contribution >= 0.6 is 0 Å². The van der Waals surface area contributed by atoms with Gasteiger partial charge < -0.3 is 10.2 Å². The molecule has 0 aliphatic carbocycles. The standard InChI is InChI=1S/C21H21N3O2/c1-15-8-10-18(11-9-15)23-20(26)12-14-24(16(2)25)19-7-3-5-17-6-4-13-22-21(17)19/h3-11,13H,12,14H2,1-2H3,(H,23,26). The summed E-state index contributed by atoms with van der Waals surface area (Å²) in [6, 6.07) is 17.1. The van der Waals surface area contributed by atoms with Crippen molar-refractivity contribution in [1.82, 2.24) is 4.98 Å². The molecule has 0 aliphatic rings. The Labute approximate surface area is 152 Å². The largest absolute Gasteiger partial charge is 0.326 e. The van der Waals surface area contributed by atoms with E-state index in [9.17, 15) is 9.59 Å². The topological polar surface area (TPSA) is 62.3 Å². The molecule has 0 unspecified atom stereocenters. The Hall–Kier alpha value is -3.21. The summed E-state index contributed by atoms with van der Waals surface area (Å²) in [5.74, 6) is -0.250. The van der Waals surface area contributed by atoms with Crippen molar-refractivity contribution in [3.8, 4) is 0 Å². The van der Waals surface area contributed by atoms with E-state index in [1.807, 2.05) is 61.5 Å². The minimum atomic E-state index is -0.131. The van der Waals surface area contributed by atoms with Crippen molar-refractivity contribution < 1.29 is 9.59 Å². The summed E-state index contributed by atoms with van der Waals surface area (Å²) in [6.45, 7) is 3.79. The molecular formula is C21H21N3O2. The molecule has 0 saturated heterocycles. The van der Waals surface area contributed by atoms with E-state index >= 15 is 0 Å². The molecule has 2 amide bonds. The summed E-state index contributed by atoms with van der Waals surface area (Å²) in [4.78, 5) is 30.4. The van der Waals surface area contributed by atoms with Crippen molar-refractivity contribution in [3.63, 3.8) is 0 Å². The number of nitrogens with zero attached hydrogens (tertiary/aromatic N) is 2. The predicted molar refractivity (Wildman–Crippen MR) is 104 cm³/mol. The van der Waals surface area contributed by atoms with E-state index in [0.29, 0.717) is 6.54 Å². The molecule has 0 spiro atoms. The Kier molecular flexibility index (Phi) is 5.27. The normalized spacial score (nSPS) is 10.5. The van der Waals surface area contributed by atoms with Gasteiger partial charge in [0, 0.05) is 37.2 Å². The molecule has 5 heteroatoms. The van der Waals surface area contributed by atoms with Crippen LogP contribution in [-0.2, 0) is 9.59 Å². The van der Waals surface area contributed by atoms with Crippen molar-refractivity contribution in [1.29, 1.82) is 0 Å². The number of carbonyl (C=O) groups is 2. The number of carbonyl (C=O) groups excluding carboxylic acids is 2. The van der Waals surface area contributed by atoms with Gasteiger partial charge in [0.05, 0.1) is 11.2 Å². The van der Waals surface area contributed by atoms with Crippen LogP contribution in [0.15, 0.2) is 60.8 Å². The lowest BCUT2D eigenvalue weighted by molar-refractivity contribution is -0.117. The number of amides is 2. The molecular weight excluding hydrogens is 326 g/mol. The highest BCUT2D eigenvalue weighted by Crippen LogP contribution is 2.25. The van der Waals surface area contributed by atoms with Crippen LogP contribution in [0.25, 0.3) is 10.9 Å². The number of benzene rings is 2. The third-order valence-corrected chi connectivity index (χ3v) is 4.18. The molecule has 26 heavy (non-hydrogen) atoms. The molecule has 0 bridgehead atoms. The Morgan fingerprint density at radius 3 is 2.50 bits per heavy atom. The van der Waals surface area contributed by atoms with Crippen LogP contribution in [0.1, 0.15) is 18.9 Å². The van der Waals surface area contributed by atoms with E-state index < -0.39 is 0 Å². The van der Waals surface area contributed by atoms with Crippen LogP contribution in [0.2, 0.25) is 0 Å². The maximum atomic E-state index is 12.3. The molecule has 1 heterocycles. The van der Waals surface area contributed by atoms with Crippen LogP contribution in [0.3, 0.4) is 0 Å². The van der Waals surface area contributed by atoms with Crippen LogP contribution < -0.4 is 10.2 Å². The SMILES string of the molecule is CC(=O)N(CCC(=O)Nc1ccc(C)cc1)c1cccc2cccnc12. The first kappa shape index (κ1) is 17.6. The van der Waals surface area contributed by atoms with Gasteiger partial charge in [-0.25, -0.2) is 0 Å². The molecule has 5 nitrogen and oxygen atoms in total. The highest BCUT2D eigenvalue weighted by atomic mass is 16.2. The lowest BCUT2D eigenvalue weighted by atomic mass is 10.1. The molecule has 1 aromatic heterocycles. The van der Waals surface area contributed by atoms with Crippen LogP contribution in [0.5, 0.6) is 0 Å². The van der Waals surface area contributed by atoms with E-state index in [2.05, 4.69) is 10.3 Å².